The number of Topliss-reactive ketones (excluding diaryl/α,β-unsaturated/α-hetero) is 1. The number of thioether (sulfide) groups is 1. The van der Waals surface area contributed by atoms with Crippen LogP contribution in [0.4, 0.5) is 0 Å². The van der Waals surface area contributed by atoms with Crippen LogP contribution in [0, 0.1) is 0 Å². The van der Waals surface area contributed by atoms with Gasteiger partial charge < -0.3 is 14.6 Å². The van der Waals surface area contributed by atoms with Crippen molar-refractivity contribution in [3.05, 3.63) is 60.3 Å². The number of ketones is 1. The number of carbonyl (C=O) groups excluding carboxylic acids is 1. The molecule has 0 radical (unpaired) electrons. The molecule has 2 aromatic heterocycles. The summed E-state index contributed by atoms with van der Waals surface area (Å²) in [6, 6.07) is 16.5. The zero-order valence-electron chi connectivity index (χ0n) is 12.9. The van der Waals surface area contributed by atoms with Crippen molar-refractivity contribution in [1.29, 1.82) is 0 Å². The Labute approximate surface area is 146 Å². The van der Waals surface area contributed by atoms with Crippen molar-refractivity contribution < 1.29 is 19.1 Å². The summed E-state index contributed by atoms with van der Waals surface area (Å²) in [6.07, 6.45) is 0. The van der Waals surface area contributed by atoms with E-state index in [0.717, 1.165) is 11.0 Å². The lowest BCUT2D eigenvalue weighted by Gasteiger charge is -1.97. The van der Waals surface area contributed by atoms with Gasteiger partial charge in [-0.05, 0) is 16.8 Å². The molecule has 0 saturated heterocycles. The molecule has 2 heterocycles. The number of nitrogens with one attached hydrogen (secondary N) is 1. The molecule has 4 aromatic rings. The first kappa shape index (κ1) is 15.4. The van der Waals surface area contributed by atoms with Crippen LogP contribution < -0.4 is 9.79 Å². The van der Waals surface area contributed by atoms with E-state index in [1.54, 1.807) is 24.3 Å². The van der Waals surface area contributed by atoms with Crippen molar-refractivity contribution in [2.45, 2.75) is 5.16 Å². The van der Waals surface area contributed by atoms with Crippen LogP contribution in [-0.4, -0.2) is 26.8 Å². The molecule has 0 saturated carbocycles. The maximum absolute atomic E-state index is 12.5. The highest BCUT2D eigenvalue weighted by atomic mass is 32.2. The van der Waals surface area contributed by atoms with Gasteiger partial charge in [-0.3, -0.25) is 4.79 Å². The first-order valence-corrected chi connectivity index (χ1v) is 8.46. The van der Waals surface area contributed by atoms with Crippen molar-refractivity contribution in [1.82, 2.24) is 15.2 Å². The molecule has 0 aliphatic rings. The third-order valence-electron chi connectivity index (χ3n) is 3.58. The molecule has 0 unspecified atom stereocenters. The second kappa shape index (κ2) is 6.40. The number of aromatic amines is 1. The van der Waals surface area contributed by atoms with Crippen LogP contribution in [-0.2, 0) is 0 Å². The lowest BCUT2D eigenvalue weighted by molar-refractivity contribution is -0.672. The normalized spacial score (nSPS) is 11.0. The summed E-state index contributed by atoms with van der Waals surface area (Å²) in [6.45, 7) is 0. The van der Waals surface area contributed by atoms with E-state index < -0.39 is 5.95 Å². The van der Waals surface area contributed by atoms with Crippen molar-refractivity contribution in [3.63, 3.8) is 0 Å². The number of fused-ring (bicyclic) bond motifs is 1. The Hall–Kier alpha value is -3.13. The highest BCUT2D eigenvalue weighted by molar-refractivity contribution is 7.99. The number of benzene rings is 2. The second-order valence-corrected chi connectivity index (χ2v) is 6.19. The number of imidazole rings is 1. The molecule has 0 aliphatic carbocycles. The molecule has 0 bridgehead atoms. The molecule has 7 nitrogen and oxygen atoms in total. The van der Waals surface area contributed by atoms with Crippen LogP contribution in [0.2, 0.25) is 0 Å². The van der Waals surface area contributed by atoms with Gasteiger partial charge in [0.25, 0.3) is 0 Å². The minimum atomic E-state index is -0.751. The van der Waals surface area contributed by atoms with Gasteiger partial charge in [-0.15, -0.1) is 0 Å². The molecule has 0 spiro atoms. The van der Waals surface area contributed by atoms with Gasteiger partial charge in [-0.1, -0.05) is 42.1 Å². The first-order chi connectivity index (χ1) is 12.2. The number of nitrogens with zero attached hydrogens (tertiary/aromatic N) is 3. The van der Waals surface area contributed by atoms with E-state index in [2.05, 4.69) is 19.8 Å². The molecule has 1 N–H and O–H groups in total. The van der Waals surface area contributed by atoms with E-state index >= 15 is 0 Å². The minimum Gasteiger partial charge on any atom is -0.539 e. The van der Waals surface area contributed by atoms with Crippen LogP contribution in [0.3, 0.4) is 0 Å². The molecule has 0 aliphatic heterocycles. The molecule has 25 heavy (non-hydrogen) atoms. The van der Waals surface area contributed by atoms with E-state index in [1.807, 2.05) is 30.3 Å². The highest BCUT2D eigenvalue weighted by Crippen LogP contribution is 2.21. The molecule has 0 fully saturated rings. The number of aromatic nitrogens is 4. The van der Waals surface area contributed by atoms with Crippen LogP contribution in [0.1, 0.15) is 10.5 Å². The molecule has 0 atom stereocenters. The average molecular weight is 352 g/mol. The summed E-state index contributed by atoms with van der Waals surface area (Å²) in [5.74, 6) is -1.08. The van der Waals surface area contributed by atoms with Gasteiger partial charge in [0.15, 0.2) is 11.1 Å². The Morgan fingerprint density at radius 1 is 1.16 bits per heavy atom. The Morgan fingerprint density at radius 3 is 2.72 bits per heavy atom. The van der Waals surface area contributed by atoms with Crippen LogP contribution >= 0.6 is 11.8 Å². The van der Waals surface area contributed by atoms with Crippen molar-refractivity contribution >= 4 is 28.6 Å². The third-order valence-corrected chi connectivity index (χ3v) is 4.46. The Kier molecular flexibility index (Phi) is 3.95. The van der Waals surface area contributed by atoms with Gasteiger partial charge in [0.1, 0.15) is 0 Å². The van der Waals surface area contributed by atoms with Crippen molar-refractivity contribution in [2.24, 2.45) is 0 Å². The SMILES string of the molecule is O=C(CSc1nc2ccccc2[nH]1)c1c([O-])on[n+]1-c1ccccc1. The average Bonchev–Trinajstić information content (AvgIpc) is 3.23. The predicted molar refractivity (Wildman–Crippen MR) is 88.6 cm³/mol. The van der Waals surface area contributed by atoms with Crippen LogP contribution in [0.15, 0.2) is 64.3 Å². The van der Waals surface area contributed by atoms with E-state index in [1.165, 1.54) is 16.4 Å². The Morgan fingerprint density at radius 2 is 1.92 bits per heavy atom. The predicted octanol–water partition coefficient (Wildman–Crippen LogP) is 1.88. The Balaban J connectivity index is 1.56. The number of hydrogen-bond acceptors (Lipinski definition) is 6. The monoisotopic (exact) mass is 352 g/mol. The van der Waals surface area contributed by atoms with E-state index in [0.29, 0.717) is 10.8 Å². The molecular formula is C17H12N4O3S. The number of rotatable bonds is 5. The molecule has 0 amide bonds. The fourth-order valence-electron chi connectivity index (χ4n) is 2.43. The standard InChI is InChI=1S/C17H12N4O3S/c22-14(10-25-17-18-12-8-4-5-9-13(12)19-17)15-16(23)24-20-21(15)11-6-2-1-3-7-11/h1-9H,10H2,(H-,18,19,20,22,23). The van der Waals surface area contributed by atoms with Crippen LogP contribution in [0.5, 0.6) is 5.95 Å². The van der Waals surface area contributed by atoms with Gasteiger partial charge in [-0.25, -0.2) is 4.98 Å². The number of para-hydroxylation sites is 3. The third kappa shape index (κ3) is 2.99. The summed E-state index contributed by atoms with van der Waals surface area (Å²) >= 11 is 1.23. The van der Waals surface area contributed by atoms with Crippen molar-refractivity contribution in [3.8, 4) is 11.6 Å². The largest absolute Gasteiger partial charge is 0.539 e. The van der Waals surface area contributed by atoms with Gasteiger partial charge in [0.05, 0.1) is 22.1 Å². The summed E-state index contributed by atoms with van der Waals surface area (Å²) in [5.41, 5.74) is 2.21. The fourth-order valence-corrected chi connectivity index (χ4v) is 3.18. The summed E-state index contributed by atoms with van der Waals surface area (Å²) in [7, 11) is 0. The summed E-state index contributed by atoms with van der Waals surface area (Å²) < 4.78 is 5.90. The first-order valence-electron chi connectivity index (χ1n) is 7.47. The smallest absolute Gasteiger partial charge is 0.307 e. The van der Waals surface area contributed by atoms with Crippen molar-refractivity contribution in [2.75, 3.05) is 5.75 Å². The lowest BCUT2D eigenvalue weighted by atomic mass is 10.3. The zero-order valence-corrected chi connectivity index (χ0v) is 13.7. The van der Waals surface area contributed by atoms with E-state index in [4.69, 9.17) is 0 Å². The van der Waals surface area contributed by atoms with Gasteiger partial charge >= 0.3 is 5.69 Å². The van der Waals surface area contributed by atoms with Gasteiger partial charge in [-0.2, -0.15) is 0 Å². The highest BCUT2D eigenvalue weighted by Gasteiger charge is 2.27. The van der Waals surface area contributed by atoms with Gasteiger partial charge in [0.2, 0.25) is 11.5 Å². The number of H-pyrrole nitrogens is 1. The zero-order chi connectivity index (χ0) is 17.2. The topological polar surface area (TPSA) is 98.7 Å². The van der Waals surface area contributed by atoms with Gasteiger partial charge in [0, 0.05) is 12.1 Å². The quantitative estimate of drug-likeness (QED) is 0.334. The molecule has 2 aromatic carbocycles. The lowest BCUT2D eigenvalue weighted by Crippen LogP contribution is -2.39. The maximum atomic E-state index is 12.5. The Bertz CT molecular complexity index is 1010. The fraction of sp³-hybridized carbons (Fsp3) is 0.0588. The molecular weight excluding hydrogens is 340 g/mol. The number of carbonyl (C=O) groups is 1. The minimum absolute atomic E-state index is 0.0448. The second-order valence-electron chi connectivity index (χ2n) is 5.23. The number of hydrogen-bond donors (Lipinski definition) is 1. The maximum Gasteiger partial charge on any atom is 0.307 e. The van der Waals surface area contributed by atoms with E-state index in [9.17, 15) is 9.90 Å². The summed E-state index contributed by atoms with van der Waals surface area (Å²) in [4.78, 5) is 20.1. The van der Waals surface area contributed by atoms with E-state index in [-0.39, 0.29) is 17.2 Å². The summed E-state index contributed by atoms with van der Waals surface area (Å²) in [5, 5.41) is 16.2. The molecule has 8 heteroatoms. The van der Waals surface area contributed by atoms with Crippen LogP contribution in [0.25, 0.3) is 16.7 Å². The molecule has 124 valence electrons. The molecule has 4 rings (SSSR count).